The topological polar surface area (TPSA) is 72.3 Å². The maximum Gasteiger partial charge on any atom is 0.243 e. The number of sulfonamides is 1. The van der Waals surface area contributed by atoms with E-state index in [1.54, 1.807) is 28.2 Å². The molecule has 1 unspecified atom stereocenters. The summed E-state index contributed by atoms with van der Waals surface area (Å²) < 4.78 is 29.7. The average molecular weight is 436 g/mol. The second-order valence-electron chi connectivity index (χ2n) is 7.93. The van der Waals surface area contributed by atoms with Crippen molar-refractivity contribution in [2.75, 3.05) is 13.1 Å². The Labute approximate surface area is 177 Å². The number of benzene rings is 1. The molecule has 1 atom stereocenters. The zero-order valence-corrected chi connectivity index (χ0v) is 18.6. The van der Waals surface area contributed by atoms with Crippen molar-refractivity contribution < 1.29 is 13.2 Å². The number of piperidine rings is 1. The molecule has 0 bridgehead atoms. The number of aryl methyl sites for hydroxylation is 1. The molecule has 1 saturated heterocycles. The first-order valence-corrected chi connectivity index (χ1v) is 13.0. The summed E-state index contributed by atoms with van der Waals surface area (Å²) in [4.78, 5) is 17.5. The number of nitrogens with zero attached hydrogens (tertiary/aromatic N) is 3. The Balaban J connectivity index is 1.66. The van der Waals surface area contributed by atoms with Crippen LogP contribution in [0.15, 0.2) is 28.3 Å². The van der Waals surface area contributed by atoms with Gasteiger partial charge >= 0.3 is 0 Å². The Morgan fingerprint density at radius 2 is 1.86 bits per heavy atom. The number of rotatable bonds is 5. The number of thioether (sulfide) groups is 1. The van der Waals surface area contributed by atoms with Crippen LogP contribution in [0.3, 0.4) is 0 Å². The van der Waals surface area contributed by atoms with Crippen LogP contribution in [0.5, 0.6) is 0 Å². The number of carbonyl (C=O) groups excluding carboxylic acids is 1. The molecule has 2 aromatic rings. The zero-order chi connectivity index (χ0) is 20.4. The second kappa shape index (κ2) is 8.78. The molecule has 1 aliphatic heterocycles. The van der Waals surface area contributed by atoms with Crippen LogP contribution in [0.4, 0.5) is 0 Å². The van der Waals surface area contributed by atoms with Crippen molar-refractivity contribution in [1.29, 1.82) is 0 Å². The van der Waals surface area contributed by atoms with Crippen molar-refractivity contribution in [3.05, 3.63) is 18.2 Å². The molecule has 4 rings (SSSR count). The van der Waals surface area contributed by atoms with E-state index >= 15 is 0 Å². The molecule has 29 heavy (non-hydrogen) atoms. The fourth-order valence-corrected chi connectivity index (χ4v) is 7.11. The van der Waals surface area contributed by atoms with Crippen LogP contribution in [-0.4, -0.2) is 46.4 Å². The Morgan fingerprint density at radius 3 is 2.62 bits per heavy atom. The molecule has 1 saturated carbocycles. The highest BCUT2D eigenvalue weighted by Gasteiger charge is 2.28. The van der Waals surface area contributed by atoms with Crippen molar-refractivity contribution in [3.8, 4) is 0 Å². The lowest BCUT2D eigenvalue weighted by atomic mass is 10.2. The smallest absolute Gasteiger partial charge is 0.243 e. The maximum atomic E-state index is 13.0. The predicted octanol–water partition coefficient (Wildman–Crippen LogP) is 4.22. The van der Waals surface area contributed by atoms with Crippen molar-refractivity contribution in [1.82, 2.24) is 13.9 Å². The first-order valence-electron chi connectivity index (χ1n) is 10.7. The van der Waals surface area contributed by atoms with Crippen LogP contribution in [0.1, 0.15) is 58.3 Å². The van der Waals surface area contributed by atoms with Gasteiger partial charge in [-0.15, -0.1) is 0 Å². The van der Waals surface area contributed by atoms with Gasteiger partial charge in [-0.1, -0.05) is 31.0 Å². The second-order valence-corrected chi connectivity index (χ2v) is 11.0. The van der Waals surface area contributed by atoms with Crippen LogP contribution in [0.25, 0.3) is 11.0 Å². The van der Waals surface area contributed by atoms with Crippen LogP contribution >= 0.6 is 11.8 Å². The summed E-state index contributed by atoms with van der Waals surface area (Å²) in [6.07, 6.45) is 7.65. The minimum atomic E-state index is -3.48. The van der Waals surface area contributed by atoms with Crippen LogP contribution in [0, 0.1) is 0 Å². The molecule has 2 heterocycles. The third kappa shape index (κ3) is 4.25. The number of hydrogen-bond donors (Lipinski definition) is 0. The van der Waals surface area contributed by atoms with E-state index < -0.39 is 10.0 Å². The highest BCUT2D eigenvalue weighted by atomic mass is 32.2. The first-order chi connectivity index (χ1) is 14.0. The standard InChI is InChI=1S/C21H29N3O3S2/c1-2-24-18-12-11-16(29(26,27)23-13-7-4-8-14-23)15-17(18)22-21(24)28-20-10-6-3-5-9-19(20)25/h11-12,15,20H,2-10,13-14H2,1H3. The van der Waals surface area contributed by atoms with Crippen molar-refractivity contribution in [3.63, 3.8) is 0 Å². The van der Waals surface area contributed by atoms with Crippen LogP contribution in [0.2, 0.25) is 0 Å². The molecule has 1 aromatic heterocycles. The average Bonchev–Trinajstić information content (AvgIpc) is 2.96. The molecule has 1 aliphatic carbocycles. The minimum absolute atomic E-state index is 0.0452. The van der Waals surface area contributed by atoms with Gasteiger partial charge in [-0.3, -0.25) is 4.79 Å². The number of hydrogen-bond acceptors (Lipinski definition) is 5. The third-order valence-corrected chi connectivity index (χ3v) is 9.15. The number of carbonyl (C=O) groups is 1. The quantitative estimate of drug-likeness (QED) is 0.658. The Bertz CT molecular complexity index is 994. The van der Waals surface area contributed by atoms with Gasteiger partial charge in [0.25, 0.3) is 0 Å². The normalized spacial score (nSPS) is 22.1. The van der Waals surface area contributed by atoms with E-state index in [1.807, 2.05) is 6.07 Å². The summed E-state index contributed by atoms with van der Waals surface area (Å²) in [5, 5.41) is 0.770. The van der Waals surface area contributed by atoms with Gasteiger partial charge in [0.15, 0.2) is 5.16 Å². The summed E-state index contributed by atoms with van der Waals surface area (Å²) in [5.41, 5.74) is 1.61. The summed E-state index contributed by atoms with van der Waals surface area (Å²) in [6.45, 7) is 3.97. The van der Waals surface area contributed by atoms with Crippen molar-refractivity contribution in [2.24, 2.45) is 0 Å². The lowest BCUT2D eigenvalue weighted by Gasteiger charge is -2.25. The maximum absolute atomic E-state index is 13.0. The largest absolute Gasteiger partial charge is 0.319 e. The van der Waals surface area contributed by atoms with Gasteiger partial charge < -0.3 is 4.57 Å². The highest BCUT2D eigenvalue weighted by molar-refractivity contribution is 8.00. The van der Waals surface area contributed by atoms with Crippen LogP contribution < -0.4 is 0 Å². The lowest BCUT2D eigenvalue weighted by molar-refractivity contribution is -0.118. The van der Waals surface area contributed by atoms with E-state index in [0.717, 1.165) is 62.2 Å². The molecule has 8 heteroatoms. The molecule has 0 radical (unpaired) electrons. The van der Waals surface area contributed by atoms with Gasteiger partial charge in [0.1, 0.15) is 5.78 Å². The van der Waals surface area contributed by atoms with E-state index in [0.29, 0.717) is 35.7 Å². The number of imidazole rings is 1. The van der Waals surface area contributed by atoms with E-state index in [9.17, 15) is 13.2 Å². The Hall–Kier alpha value is -1.38. The van der Waals surface area contributed by atoms with Gasteiger partial charge in [-0.05, 0) is 50.8 Å². The molecular formula is C21H29N3O3S2. The molecule has 0 amide bonds. The van der Waals surface area contributed by atoms with E-state index in [-0.39, 0.29) is 5.25 Å². The molecule has 158 valence electrons. The number of Topliss-reactive ketones (excluding diaryl/α,β-unsaturated/α-hetero) is 1. The molecule has 0 spiro atoms. The summed E-state index contributed by atoms with van der Waals surface area (Å²) in [5.74, 6) is 0.315. The highest BCUT2D eigenvalue weighted by Crippen LogP contribution is 2.33. The minimum Gasteiger partial charge on any atom is -0.319 e. The molecule has 6 nitrogen and oxygen atoms in total. The van der Waals surface area contributed by atoms with Crippen molar-refractivity contribution in [2.45, 2.75) is 80.1 Å². The fourth-order valence-electron chi connectivity index (χ4n) is 4.28. The van der Waals surface area contributed by atoms with Gasteiger partial charge in [0.05, 0.1) is 21.2 Å². The number of fused-ring (bicyclic) bond motifs is 1. The SMILES string of the molecule is CCn1c(SC2CCCCCC2=O)nc2cc(S(=O)(=O)N3CCCCC3)ccc21. The van der Waals surface area contributed by atoms with E-state index in [2.05, 4.69) is 11.5 Å². The number of ketones is 1. The summed E-state index contributed by atoms with van der Waals surface area (Å²) in [7, 11) is -3.48. The molecule has 1 aromatic carbocycles. The molecule has 0 N–H and O–H groups in total. The zero-order valence-electron chi connectivity index (χ0n) is 17.0. The fraction of sp³-hybridized carbons (Fsp3) is 0.619. The predicted molar refractivity (Wildman–Crippen MR) is 116 cm³/mol. The van der Waals surface area contributed by atoms with Gasteiger partial charge in [0.2, 0.25) is 10.0 Å². The monoisotopic (exact) mass is 435 g/mol. The van der Waals surface area contributed by atoms with Gasteiger partial charge in [-0.2, -0.15) is 4.31 Å². The van der Waals surface area contributed by atoms with E-state index in [1.165, 1.54) is 0 Å². The van der Waals surface area contributed by atoms with E-state index in [4.69, 9.17) is 4.98 Å². The number of aromatic nitrogens is 2. The molecule has 2 fully saturated rings. The molecule has 2 aliphatic rings. The van der Waals surface area contributed by atoms with Gasteiger partial charge in [0, 0.05) is 26.1 Å². The summed E-state index contributed by atoms with van der Waals surface area (Å²) >= 11 is 1.55. The Morgan fingerprint density at radius 1 is 1.10 bits per heavy atom. The molecular weight excluding hydrogens is 406 g/mol. The van der Waals surface area contributed by atoms with Crippen LogP contribution in [-0.2, 0) is 21.4 Å². The summed E-state index contributed by atoms with van der Waals surface area (Å²) in [6, 6.07) is 5.26. The van der Waals surface area contributed by atoms with Crippen molar-refractivity contribution >= 4 is 38.6 Å². The Kier molecular flexibility index (Phi) is 6.32. The lowest BCUT2D eigenvalue weighted by Crippen LogP contribution is -2.35. The third-order valence-electron chi connectivity index (χ3n) is 5.95. The first kappa shape index (κ1) is 20.9. The van der Waals surface area contributed by atoms with Gasteiger partial charge in [-0.25, -0.2) is 13.4 Å².